The first-order valence-corrected chi connectivity index (χ1v) is 6.30. The maximum absolute atomic E-state index is 11.9. The SMILES string of the molecule is CCCCOC(=O)CNC(=O)N1CC=CC=C1OC. The van der Waals surface area contributed by atoms with Crippen LogP contribution in [0.4, 0.5) is 4.79 Å². The molecule has 19 heavy (non-hydrogen) atoms. The highest BCUT2D eigenvalue weighted by atomic mass is 16.5. The van der Waals surface area contributed by atoms with Gasteiger partial charge in [-0.2, -0.15) is 0 Å². The van der Waals surface area contributed by atoms with Crippen LogP contribution >= 0.6 is 0 Å². The average Bonchev–Trinajstić information content (AvgIpc) is 2.45. The van der Waals surface area contributed by atoms with Crippen LogP contribution in [-0.4, -0.2) is 43.7 Å². The molecule has 0 radical (unpaired) electrons. The Morgan fingerprint density at radius 1 is 1.47 bits per heavy atom. The summed E-state index contributed by atoms with van der Waals surface area (Å²) in [7, 11) is 1.49. The highest BCUT2D eigenvalue weighted by Crippen LogP contribution is 2.10. The predicted octanol–water partition coefficient (Wildman–Crippen LogP) is 1.40. The molecule has 1 N–H and O–H groups in total. The molecule has 0 spiro atoms. The number of esters is 1. The number of hydrogen-bond acceptors (Lipinski definition) is 4. The van der Waals surface area contributed by atoms with Gasteiger partial charge in [0.05, 0.1) is 13.7 Å². The lowest BCUT2D eigenvalue weighted by Gasteiger charge is -2.24. The highest BCUT2D eigenvalue weighted by molar-refractivity contribution is 5.82. The Kier molecular flexibility index (Phi) is 6.49. The zero-order valence-corrected chi connectivity index (χ0v) is 11.3. The average molecular weight is 268 g/mol. The van der Waals surface area contributed by atoms with Gasteiger partial charge in [-0.3, -0.25) is 9.69 Å². The lowest BCUT2D eigenvalue weighted by Crippen LogP contribution is -2.42. The number of urea groups is 1. The van der Waals surface area contributed by atoms with Gasteiger partial charge in [0.15, 0.2) is 5.88 Å². The van der Waals surface area contributed by atoms with Gasteiger partial charge in [-0.1, -0.05) is 25.5 Å². The molecule has 6 nitrogen and oxygen atoms in total. The normalized spacial score (nSPS) is 13.8. The molecule has 0 atom stereocenters. The second-order valence-corrected chi connectivity index (χ2v) is 3.98. The van der Waals surface area contributed by atoms with E-state index in [1.807, 2.05) is 19.1 Å². The van der Waals surface area contributed by atoms with Crippen molar-refractivity contribution >= 4 is 12.0 Å². The fourth-order valence-corrected chi connectivity index (χ4v) is 1.48. The van der Waals surface area contributed by atoms with Crippen molar-refractivity contribution in [3.05, 3.63) is 24.1 Å². The van der Waals surface area contributed by atoms with Crippen molar-refractivity contribution < 1.29 is 19.1 Å². The third-order valence-electron chi connectivity index (χ3n) is 2.53. The van der Waals surface area contributed by atoms with Crippen molar-refractivity contribution in [1.29, 1.82) is 0 Å². The standard InChI is InChI=1S/C13H20N2O4/c1-3-4-9-19-12(16)10-14-13(17)15-8-6-5-7-11(15)18-2/h5-7H,3-4,8-10H2,1-2H3,(H,14,17). The highest BCUT2D eigenvalue weighted by Gasteiger charge is 2.19. The fraction of sp³-hybridized carbons (Fsp3) is 0.538. The molecule has 0 aromatic heterocycles. The lowest BCUT2D eigenvalue weighted by molar-refractivity contribution is -0.142. The fourth-order valence-electron chi connectivity index (χ4n) is 1.48. The van der Waals surface area contributed by atoms with Gasteiger partial charge in [0, 0.05) is 6.54 Å². The van der Waals surface area contributed by atoms with E-state index in [4.69, 9.17) is 9.47 Å². The van der Waals surface area contributed by atoms with Gasteiger partial charge in [-0.25, -0.2) is 4.79 Å². The van der Waals surface area contributed by atoms with E-state index in [1.165, 1.54) is 12.0 Å². The molecule has 0 saturated heterocycles. The minimum absolute atomic E-state index is 0.139. The van der Waals surface area contributed by atoms with Gasteiger partial charge in [0.25, 0.3) is 0 Å². The van der Waals surface area contributed by atoms with Crippen molar-refractivity contribution in [2.24, 2.45) is 0 Å². The van der Waals surface area contributed by atoms with E-state index < -0.39 is 5.97 Å². The number of ether oxygens (including phenoxy) is 2. The Labute approximate surface area is 113 Å². The summed E-state index contributed by atoms with van der Waals surface area (Å²) in [4.78, 5) is 24.6. The molecule has 0 aromatic rings. The maximum Gasteiger partial charge on any atom is 0.325 e. The first-order valence-electron chi connectivity index (χ1n) is 6.30. The van der Waals surface area contributed by atoms with Crippen LogP contribution in [-0.2, 0) is 14.3 Å². The predicted molar refractivity (Wildman–Crippen MR) is 70.2 cm³/mol. The molecule has 0 aliphatic carbocycles. The molecule has 1 heterocycles. The van der Waals surface area contributed by atoms with Crippen LogP contribution < -0.4 is 5.32 Å². The molecule has 0 fully saturated rings. The largest absolute Gasteiger partial charge is 0.482 e. The summed E-state index contributed by atoms with van der Waals surface area (Å²) < 4.78 is 10.0. The second-order valence-electron chi connectivity index (χ2n) is 3.98. The Morgan fingerprint density at radius 3 is 2.95 bits per heavy atom. The quantitative estimate of drug-likeness (QED) is 0.584. The van der Waals surface area contributed by atoms with Gasteiger partial charge < -0.3 is 14.8 Å². The minimum atomic E-state index is -0.433. The molecule has 0 unspecified atom stereocenters. The molecule has 1 aliphatic rings. The van der Waals surface area contributed by atoms with Crippen molar-refractivity contribution in [2.45, 2.75) is 19.8 Å². The van der Waals surface area contributed by atoms with Crippen LogP contribution in [0.5, 0.6) is 0 Å². The van der Waals surface area contributed by atoms with Crippen LogP contribution in [0.2, 0.25) is 0 Å². The molecule has 2 amide bonds. The molecule has 0 bridgehead atoms. The third-order valence-corrected chi connectivity index (χ3v) is 2.53. The van der Waals surface area contributed by atoms with Crippen molar-refractivity contribution in [2.75, 3.05) is 26.8 Å². The number of hydrogen-bond donors (Lipinski definition) is 1. The summed E-state index contributed by atoms with van der Waals surface area (Å²) in [5.41, 5.74) is 0. The minimum Gasteiger partial charge on any atom is -0.482 e. The number of unbranched alkanes of at least 4 members (excludes halogenated alkanes) is 1. The second kappa shape index (κ2) is 8.18. The van der Waals surface area contributed by atoms with Gasteiger partial charge in [0.1, 0.15) is 6.54 Å². The summed E-state index contributed by atoms with van der Waals surface area (Å²) in [6.45, 7) is 2.68. The lowest BCUT2D eigenvalue weighted by atomic mass is 10.3. The van der Waals surface area contributed by atoms with Crippen molar-refractivity contribution in [3.8, 4) is 0 Å². The zero-order valence-electron chi connectivity index (χ0n) is 11.3. The molecule has 6 heteroatoms. The van der Waals surface area contributed by atoms with E-state index in [-0.39, 0.29) is 12.6 Å². The van der Waals surface area contributed by atoms with Gasteiger partial charge >= 0.3 is 12.0 Å². The molecule has 0 saturated carbocycles. The summed E-state index contributed by atoms with van der Waals surface area (Å²) in [6.07, 6.45) is 7.10. The summed E-state index contributed by atoms with van der Waals surface area (Å²) in [5, 5.41) is 2.50. The number of allylic oxidation sites excluding steroid dienone is 2. The zero-order chi connectivity index (χ0) is 14.1. The van der Waals surface area contributed by atoms with Crippen LogP contribution in [0.15, 0.2) is 24.1 Å². The van der Waals surface area contributed by atoms with Gasteiger partial charge in [-0.05, 0) is 12.5 Å². The number of methoxy groups -OCH3 is 1. The smallest absolute Gasteiger partial charge is 0.325 e. The number of amides is 2. The number of carbonyl (C=O) groups excluding carboxylic acids is 2. The summed E-state index contributed by atoms with van der Waals surface area (Å²) in [6, 6.07) is -0.384. The van der Waals surface area contributed by atoms with E-state index in [0.717, 1.165) is 12.8 Å². The third kappa shape index (κ3) is 5.03. The van der Waals surface area contributed by atoms with Crippen LogP contribution in [0.25, 0.3) is 0 Å². The first kappa shape index (κ1) is 15.1. The molecule has 1 rings (SSSR count). The number of nitrogens with zero attached hydrogens (tertiary/aromatic N) is 1. The molecule has 0 aromatic carbocycles. The van der Waals surface area contributed by atoms with Crippen LogP contribution in [0, 0.1) is 0 Å². The summed E-state index contributed by atoms with van der Waals surface area (Å²) >= 11 is 0. The van der Waals surface area contributed by atoms with Crippen LogP contribution in [0.1, 0.15) is 19.8 Å². The molecule has 106 valence electrons. The molecule has 1 aliphatic heterocycles. The topological polar surface area (TPSA) is 67.9 Å². The number of nitrogens with one attached hydrogen (secondary N) is 1. The first-order chi connectivity index (χ1) is 9.19. The van der Waals surface area contributed by atoms with Gasteiger partial charge in [-0.15, -0.1) is 0 Å². The summed E-state index contributed by atoms with van der Waals surface area (Å²) in [5.74, 6) is 0.0108. The Bertz CT molecular complexity index is 377. The monoisotopic (exact) mass is 268 g/mol. The Hall–Kier alpha value is -1.98. The Morgan fingerprint density at radius 2 is 2.26 bits per heavy atom. The van der Waals surface area contributed by atoms with E-state index in [9.17, 15) is 9.59 Å². The van der Waals surface area contributed by atoms with E-state index in [2.05, 4.69) is 5.32 Å². The van der Waals surface area contributed by atoms with Crippen molar-refractivity contribution in [1.82, 2.24) is 10.2 Å². The molecular weight excluding hydrogens is 248 g/mol. The number of rotatable bonds is 6. The van der Waals surface area contributed by atoms with E-state index >= 15 is 0 Å². The number of carbonyl (C=O) groups is 2. The van der Waals surface area contributed by atoms with E-state index in [0.29, 0.717) is 19.0 Å². The van der Waals surface area contributed by atoms with Gasteiger partial charge in [0.2, 0.25) is 0 Å². The van der Waals surface area contributed by atoms with E-state index in [1.54, 1.807) is 6.08 Å². The maximum atomic E-state index is 11.9. The van der Waals surface area contributed by atoms with Crippen LogP contribution in [0.3, 0.4) is 0 Å². The molecular formula is C13H20N2O4. The van der Waals surface area contributed by atoms with Crippen molar-refractivity contribution in [3.63, 3.8) is 0 Å². The Balaban J connectivity index is 2.33.